The molecule has 0 spiro atoms. The predicted octanol–water partition coefficient (Wildman–Crippen LogP) is 10.6. The number of hydrogen-bond donors (Lipinski definition) is 0. The third-order valence-electron chi connectivity index (χ3n) is 7.71. The molecule has 0 atom stereocenters. The second kappa shape index (κ2) is 10.8. The summed E-state index contributed by atoms with van der Waals surface area (Å²) in [4.78, 5) is 15.0. The Morgan fingerprint density at radius 3 is 1.51 bits per heavy atom. The lowest BCUT2D eigenvalue weighted by molar-refractivity contribution is 1.18. The van der Waals surface area contributed by atoms with Gasteiger partial charge in [-0.25, -0.2) is 15.0 Å². The van der Waals surface area contributed by atoms with Gasteiger partial charge in [0.15, 0.2) is 5.82 Å². The van der Waals surface area contributed by atoms with Gasteiger partial charge in [-0.05, 0) is 52.2 Å². The highest BCUT2D eigenvalue weighted by Crippen LogP contribution is 2.34. The highest BCUT2D eigenvalue weighted by Gasteiger charge is 2.12. The topological polar surface area (TPSA) is 38.7 Å². The van der Waals surface area contributed by atoms with Crippen molar-refractivity contribution in [1.82, 2.24) is 15.0 Å². The Morgan fingerprint density at radius 2 is 0.884 bits per heavy atom. The van der Waals surface area contributed by atoms with E-state index >= 15 is 0 Å². The third-order valence-corrected chi connectivity index (χ3v) is 8.79. The summed E-state index contributed by atoms with van der Waals surface area (Å²) >= 11 is 1.73. The van der Waals surface area contributed by atoms with Crippen molar-refractivity contribution < 1.29 is 0 Å². The highest BCUT2D eigenvalue weighted by atomic mass is 32.1. The SMILES string of the molecule is c1ccc(-c2cc(-c3ccccc3)nc(-c3ccc4cc(-c5ccc6sc(-c7ccccc7)nc6c5)ccc4c3)n2)cc1. The van der Waals surface area contributed by atoms with Crippen molar-refractivity contribution in [1.29, 1.82) is 0 Å². The van der Waals surface area contributed by atoms with Gasteiger partial charge in [-0.2, -0.15) is 0 Å². The molecule has 43 heavy (non-hydrogen) atoms. The van der Waals surface area contributed by atoms with Gasteiger partial charge in [-0.1, -0.05) is 121 Å². The Bertz CT molecular complexity index is 2170. The number of hydrogen-bond acceptors (Lipinski definition) is 4. The van der Waals surface area contributed by atoms with Gasteiger partial charge in [0.25, 0.3) is 0 Å². The first-order chi connectivity index (χ1) is 21.3. The molecule has 2 heterocycles. The van der Waals surface area contributed by atoms with Crippen LogP contribution < -0.4 is 0 Å². The van der Waals surface area contributed by atoms with Crippen LogP contribution in [0.3, 0.4) is 0 Å². The molecule has 202 valence electrons. The maximum absolute atomic E-state index is 5.01. The minimum absolute atomic E-state index is 0.717. The Morgan fingerprint density at radius 1 is 0.372 bits per heavy atom. The maximum Gasteiger partial charge on any atom is 0.160 e. The van der Waals surface area contributed by atoms with Crippen molar-refractivity contribution in [2.75, 3.05) is 0 Å². The van der Waals surface area contributed by atoms with Crippen LogP contribution in [-0.2, 0) is 0 Å². The quantitative estimate of drug-likeness (QED) is 0.208. The summed E-state index contributed by atoms with van der Waals surface area (Å²) in [6, 6.07) is 52.7. The molecule has 4 heteroatoms. The van der Waals surface area contributed by atoms with Crippen LogP contribution in [-0.4, -0.2) is 15.0 Å². The summed E-state index contributed by atoms with van der Waals surface area (Å²) in [6.07, 6.45) is 0. The van der Waals surface area contributed by atoms with E-state index in [2.05, 4.69) is 109 Å². The van der Waals surface area contributed by atoms with E-state index in [0.29, 0.717) is 0 Å². The van der Waals surface area contributed by atoms with Gasteiger partial charge in [0.2, 0.25) is 0 Å². The lowest BCUT2D eigenvalue weighted by atomic mass is 9.99. The van der Waals surface area contributed by atoms with Gasteiger partial charge in [-0.15, -0.1) is 11.3 Å². The molecular weight excluding hydrogens is 543 g/mol. The maximum atomic E-state index is 5.01. The number of nitrogens with zero attached hydrogens (tertiary/aromatic N) is 3. The lowest BCUT2D eigenvalue weighted by Gasteiger charge is -2.10. The summed E-state index contributed by atoms with van der Waals surface area (Å²) in [7, 11) is 0. The fraction of sp³-hybridized carbons (Fsp3) is 0. The number of aromatic nitrogens is 3. The fourth-order valence-electron chi connectivity index (χ4n) is 5.47. The summed E-state index contributed by atoms with van der Waals surface area (Å²) in [6.45, 7) is 0. The number of thiazole rings is 1. The molecule has 0 aliphatic rings. The van der Waals surface area contributed by atoms with Gasteiger partial charge in [-0.3, -0.25) is 0 Å². The van der Waals surface area contributed by atoms with E-state index in [1.54, 1.807) is 11.3 Å². The molecule has 0 aliphatic carbocycles. The van der Waals surface area contributed by atoms with Crippen LogP contribution in [0.4, 0.5) is 0 Å². The van der Waals surface area contributed by atoms with Gasteiger partial charge >= 0.3 is 0 Å². The standard InChI is InChI=1S/C39H25N3S/c1-4-10-26(11-5-1)34-25-35(27-12-6-2-7-13-27)41-38(40-34)33-19-18-29-22-30(16-17-31(29)23-33)32-20-21-37-36(24-32)42-39(43-37)28-14-8-3-9-15-28/h1-25H. The average Bonchev–Trinajstić information content (AvgIpc) is 3.53. The second-order valence-electron chi connectivity index (χ2n) is 10.5. The number of fused-ring (bicyclic) bond motifs is 2. The lowest BCUT2D eigenvalue weighted by Crippen LogP contribution is -1.96. The first-order valence-corrected chi connectivity index (χ1v) is 15.1. The fourth-order valence-corrected chi connectivity index (χ4v) is 6.42. The van der Waals surface area contributed by atoms with Crippen LogP contribution in [0.15, 0.2) is 152 Å². The third kappa shape index (κ3) is 4.99. The largest absolute Gasteiger partial charge is 0.236 e. The molecule has 0 radical (unpaired) electrons. The zero-order valence-corrected chi connectivity index (χ0v) is 24.0. The first kappa shape index (κ1) is 25.3. The Labute approximate surface area is 253 Å². The van der Waals surface area contributed by atoms with Crippen molar-refractivity contribution >= 4 is 32.3 Å². The van der Waals surface area contributed by atoms with E-state index in [1.807, 2.05) is 42.5 Å². The zero-order valence-electron chi connectivity index (χ0n) is 23.2. The molecular formula is C39H25N3S. The molecule has 6 aromatic carbocycles. The molecule has 0 aliphatic heterocycles. The van der Waals surface area contributed by atoms with Crippen LogP contribution in [0.1, 0.15) is 0 Å². The van der Waals surface area contributed by atoms with E-state index in [-0.39, 0.29) is 0 Å². The molecule has 0 unspecified atom stereocenters. The molecule has 0 amide bonds. The van der Waals surface area contributed by atoms with Crippen LogP contribution in [0.2, 0.25) is 0 Å². The van der Waals surface area contributed by atoms with Crippen molar-refractivity contribution in [2.24, 2.45) is 0 Å². The van der Waals surface area contributed by atoms with E-state index in [9.17, 15) is 0 Å². The van der Waals surface area contributed by atoms with Crippen LogP contribution in [0, 0.1) is 0 Å². The van der Waals surface area contributed by atoms with E-state index in [4.69, 9.17) is 15.0 Å². The normalized spacial score (nSPS) is 11.3. The molecule has 0 bridgehead atoms. The van der Waals surface area contributed by atoms with Crippen molar-refractivity contribution in [2.45, 2.75) is 0 Å². The van der Waals surface area contributed by atoms with Gasteiger partial charge in [0, 0.05) is 22.3 Å². The monoisotopic (exact) mass is 567 g/mol. The van der Waals surface area contributed by atoms with Gasteiger partial charge in [0.1, 0.15) is 5.01 Å². The predicted molar refractivity (Wildman–Crippen MR) is 180 cm³/mol. The molecule has 0 saturated heterocycles. The molecule has 0 saturated carbocycles. The van der Waals surface area contributed by atoms with Crippen LogP contribution in [0.25, 0.3) is 76.6 Å². The van der Waals surface area contributed by atoms with Crippen LogP contribution in [0.5, 0.6) is 0 Å². The first-order valence-electron chi connectivity index (χ1n) is 14.3. The van der Waals surface area contributed by atoms with Gasteiger partial charge < -0.3 is 0 Å². The van der Waals surface area contributed by atoms with Crippen molar-refractivity contribution in [3.8, 4) is 55.6 Å². The minimum atomic E-state index is 0.717. The average molecular weight is 568 g/mol. The van der Waals surface area contributed by atoms with Crippen molar-refractivity contribution in [3.63, 3.8) is 0 Å². The second-order valence-corrected chi connectivity index (χ2v) is 11.6. The summed E-state index contributed by atoms with van der Waals surface area (Å²) in [5.74, 6) is 0.717. The summed E-state index contributed by atoms with van der Waals surface area (Å²) in [5.41, 5.74) is 9.47. The number of rotatable bonds is 5. The van der Waals surface area contributed by atoms with E-state index < -0.39 is 0 Å². The van der Waals surface area contributed by atoms with Crippen LogP contribution >= 0.6 is 11.3 Å². The summed E-state index contributed by atoms with van der Waals surface area (Å²) in [5, 5.41) is 3.37. The minimum Gasteiger partial charge on any atom is -0.236 e. The Balaban J connectivity index is 1.16. The number of benzene rings is 6. The Kier molecular flexibility index (Phi) is 6.32. The molecule has 8 aromatic rings. The summed E-state index contributed by atoms with van der Waals surface area (Å²) < 4.78 is 1.20. The molecule has 2 aromatic heterocycles. The molecule has 8 rings (SSSR count). The molecule has 0 fully saturated rings. The van der Waals surface area contributed by atoms with E-state index in [0.717, 1.165) is 60.9 Å². The molecule has 0 N–H and O–H groups in total. The van der Waals surface area contributed by atoms with Crippen molar-refractivity contribution in [3.05, 3.63) is 152 Å². The smallest absolute Gasteiger partial charge is 0.160 e. The zero-order chi connectivity index (χ0) is 28.6. The highest BCUT2D eigenvalue weighted by molar-refractivity contribution is 7.21. The molecule has 3 nitrogen and oxygen atoms in total. The van der Waals surface area contributed by atoms with Gasteiger partial charge in [0.05, 0.1) is 21.6 Å². The van der Waals surface area contributed by atoms with E-state index in [1.165, 1.54) is 15.6 Å². The Hall–Kier alpha value is -5.45.